The lowest BCUT2D eigenvalue weighted by Crippen LogP contribution is -2.42. The number of ketones is 2. The number of ether oxygens (including phenoxy) is 4. The van der Waals surface area contributed by atoms with Crippen LogP contribution in [-0.4, -0.2) is 192 Å². The third-order valence-electron chi connectivity index (χ3n) is 9.68. The van der Waals surface area contributed by atoms with E-state index in [1.54, 1.807) is 0 Å². The number of carbonyl (C=O) groups excluding carboxylic acids is 7. The smallest absolute Gasteiger partial charge is 0.326 e. The summed E-state index contributed by atoms with van der Waals surface area (Å²) in [5, 5.41) is 50.5. The molecule has 1 heterocycles. The summed E-state index contributed by atoms with van der Waals surface area (Å²) in [6.07, 6.45) is 3.78. The lowest BCUT2D eigenvalue weighted by atomic mass is 9.98. The number of amides is 5. The number of unbranched alkanes of at least 4 members (excludes halogenated alkanes) is 1. The van der Waals surface area contributed by atoms with Gasteiger partial charge in [0.1, 0.15) is 31.1 Å². The van der Waals surface area contributed by atoms with Gasteiger partial charge in [0.15, 0.2) is 11.6 Å². The van der Waals surface area contributed by atoms with Gasteiger partial charge in [-0.2, -0.15) is 5.21 Å². The summed E-state index contributed by atoms with van der Waals surface area (Å²) in [6, 6.07) is -2.15. The predicted octanol–water partition coefficient (Wildman–Crippen LogP) is -0.653. The maximum Gasteiger partial charge on any atom is 0.326 e. The Morgan fingerprint density at radius 1 is 0.630 bits per heavy atom. The van der Waals surface area contributed by atoms with Crippen molar-refractivity contribution in [1.82, 2.24) is 46.6 Å². The summed E-state index contributed by atoms with van der Waals surface area (Å²) in [4.78, 5) is 115. The first-order valence-electron chi connectivity index (χ1n) is 23.6. The number of carbonyl (C=O) groups is 10. The standard InChI is InChI=1S/C22H36BrN3O10.C21H36N6O9S/c1-15(27)25-18(22(33)34)8-7-16(28)5-4-10-35-11-12-36-14-20(30)26-17(21(31)32)6-2-3-9-24-19(29)13-23;1-2-5-16(21(31)32)14-17(28)15-36-12-11-35-10-9-22-19(29)8-4-13-37(33,34)25-20(30)7-3-6-18-23-26-27-24-18/h17-18H,2-14H2,1H3,(H,24,29)(H,25,27)(H,26,30)(H,31,32)(H,33,34);16H,2-15H2,1H3,(H,22,29)(H,25,30)(H,31,32)(H,23,24,26,27)/t;16-/m.1/s1. The molecule has 0 radical (unpaired) electrons. The average Bonchev–Trinajstić information content (AvgIpc) is 3.84. The SMILES string of the molecule is CC(=O)NC(CCC(=O)CCCOCCOCC(=O)NC(CCCCNC(=O)CBr)C(=O)O)C(=O)O.CCC[C@H](CC(=O)COCCOCCNC(=O)CCCS(=O)(=O)NC(=O)CCCc1nn[nH]n1)C(=O)O. The Hall–Kier alpha value is -5.56. The third-order valence-corrected chi connectivity index (χ3v) is 11.6. The zero-order valence-corrected chi connectivity index (χ0v) is 43.7. The van der Waals surface area contributed by atoms with E-state index in [9.17, 15) is 61.5 Å². The first-order valence-corrected chi connectivity index (χ1v) is 26.4. The second-order valence-corrected chi connectivity index (χ2v) is 18.5. The fourth-order valence-corrected chi connectivity index (χ4v) is 7.35. The Balaban J connectivity index is 0.00000142. The molecule has 0 saturated heterocycles. The summed E-state index contributed by atoms with van der Waals surface area (Å²) in [6.45, 7) is 4.25. The molecule has 1 aromatic rings. The van der Waals surface area contributed by atoms with Crippen molar-refractivity contribution in [3.63, 3.8) is 0 Å². The highest BCUT2D eigenvalue weighted by molar-refractivity contribution is 9.09. The van der Waals surface area contributed by atoms with Gasteiger partial charge in [-0.3, -0.25) is 43.1 Å². The van der Waals surface area contributed by atoms with Gasteiger partial charge in [0.05, 0.1) is 50.0 Å². The fourth-order valence-electron chi connectivity index (χ4n) is 6.08. The highest BCUT2D eigenvalue weighted by atomic mass is 79.9. The number of alkyl halides is 1. The van der Waals surface area contributed by atoms with Gasteiger partial charge in [-0.15, -0.1) is 10.2 Å². The highest BCUT2D eigenvalue weighted by Gasteiger charge is 2.22. The molecule has 0 aromatic carbocycles. The van der Waals surface area contributed by atoms with E-state index in [4.69, 9.17) is 29.2 Å². The van der Waals surface area contributed by atoms with E-state index >= 15 is 0 Å². The molecule has 3 atom stereocenters. The van der Waals surface area contributed by atoms with Crippen LogP contribution in [0.1, 0.15) is 110 Å². The number of carboxylic acid groups (broad SMARTS) is 3. The maximum atomic E-state index is 12.0. The van der Waals surface area contributed by atoms with E-state index in [1.807, 2.05) is 11.6 Å². The van der Waals surface area contributed by atoms with Crippen molar-refractivity contribution in [1.29, 1.82) is 0 Å². The molecule has 416 valence electrons. The summed E-state index contributed by atoms with van der Waals surface area (Å²) in [7, 11) is -3.84. The van der Waals surface area contributed by atoms with Crippen LogP contribution in [0.25, 0.3) is 0 Å². The number of aromatic nitrogens is 4. The zero-order chi connectivity index (χ0) is 54.9. The minimum Gasteiger partial charge on any atom is -0.481 e. The summed E-state index contributed by atoms with van der Waals surface area (Å²) in [5.74, 6) is -6.58. The van der Waals surface area contributed by atoms with E-state index in [0.29, 0.717) is 57.3 Å². The molecular formula is C43H72BrN9O19S. The van der Waals surface area contributed by atoms with Crippen LogP contribution in [0.15, 0.2) is 0 Å². The number of Topliss-reactive ketones (excluding diaryl/α,β-unsaturated/α-hetero) is 2. The van der Waals surface area contributed by atoms with E-state index in [-0.39, 0.29) is 145 Å². The van der Waals surface area contributed by atoms with Gasteiger partial charge >= 0.3 is 17.9 Å². The van der Waals surface area contributed by atoms with Gasteiger partial charge in [0.25, 0.3) is 0 Å². The predicted molar refractivity (Wildman–Crippen MR) is 259 cm³/mol. The number of carboxylic acids is 3. The minimum atomic E-state index is -3.84. The van der Waals surface area contributed by atoms with Crippen molar-refractivity contribution >= 4 is 85.0 Å². The van der Waals surface area contributed by atoms with Crippen molar-refractivity contribution in [3.05, 3.63) is 5.82 Å². The van der Waals surface area contributed by atoms with Crippen molar-refractivity contribution in [2.45, 2.75) is 122 Å². The van der Waals surface area contributed by atoms with E-state index in [2.05, 4.69) is 57.8 Å². The number of rotatable bonds is 44. The van der Waals surface area contributed by atoms with Crippen molar-refractivity contribution in [2.24, 2.45) is 5.92 Å². The van der Waals surface area contributed by atoms with Crippen molar-refractivity contribution < 1.29 is 90.6 Å². The first kappa shape index (κ1) is 67.4. The number of hydrogen-bond donors (Lipinski definition) is 9. The van der Waals surface area contributed by atoms with Gasteiger partial charge in [0.2, 0.25) is 39.6 Å². The molecule has 2 unspecified atom stereocenters. The molecule has 0 aliphatic heterocycles. The van der Waals surface area contributed by atoms with Gasteiger partial charge in [-0.05, 0) is 51.4 Å². The maximum absolute atomic E-state index is 12.0. The molecule has 5 amide bonds. The van der Waals surface area contributed by atoms with Crippen LogP contribution in [0.2, 0.25) is 0 Å². The van der Waals surface area contributed by atoms with Crippen LogP contribution in [0, 0.1) is 5.92 Å². The molecule has 0 aliphatic carbocycles. The number of aryl methyl sites for hydroxylation is 1. The van der Waals surface area contributed by atoms with Gasteiger partial charge in [-0.1, -0.05) is 34.5 Å². The van der Waals surface area contributed by atoms with Crippen LogP contribution < -0.4 is 26.0 Å². The van der Waals surface area contributed by atoms with Crippen LogP contribution in [-0.2, 0) is 83.3 Å². The number of aliphatic carboxylic acids is 3. The lowest BCUT2D eigenvalue weighted by Gasteiger charge is -2.14. The molecule has 0 saturated carbocycles. The van der Waals surface area contributed by atoms with Crippen molar-refractivity contribution in [3.8, 4) is 0 Å². The highest BCUT2D eigenvalue weighted by Crippen LogP contribution is 2.12. The molecule has 0 spiro atoms. The van der Waals surface area contributed by atoms with Crippen molar-refractivity contribution in [2.75, 3.05) is 77.0 Å². The zero-order valence-electron chi connectivity index (χ0n) is 41.3. The summed E-state index contributed by atoms with van der Waals surface area (Å²) >= 11 is 3.02. The molecule has 0 fully saturated rings. The Labute approximate surface area is 431 Å². The summed E-state index contributed by atoms with van der Waals surface area (Å²) in [5.41, 5.74) is 0. The molecule has 0 bridgehead atoms. The summed E-state index contributed by atoms with van der Waals surface area (Å²) < 4.78 is 46.9. The quantitative estimate of drug-likeness (QED) is 0.0289. The molecular weight excluding hydrogens is 1060 g/mol. The Bertz CT molecular complexity index is 1950. The third kappa shape index (κ3) is 39.6. The topological polar surface area (TPSA) is 417 Å². The van der Waals surface area contributed by atoms with E-state index in [0.717, 1.165) is 0 Å². The molecule has 9 N–H and O–H groups in total. The monoisotopic (exact) mass is 1130 g/mol. The number of halogens is 1. The Morgan fingerprint density at radius 3 is 1.88 bits per heavy atom. The molecule has 0 aliphatic rings. The number of hydrogen-bond acceptors (Lipinski definition) is 19. The van der Waals surface area contributed by atoms with E-state index in [1.165, 1.54) is 6.92 Å². The average molecular weight is 1130 g/mol. The molecule has 73 heavy (non-hydrogen) atoms. The Morgan fingerprint density at radius 2 is 1.26 bits per heavy atom. The number of nitrogens with zero attached hydrogens (tertiary/aromatic N) is 3. The second kappa shape index (κ2) is 41.9. The molecule has 28 nitrogen and oxygen atoms in total. The number of tetrazole rings is 1. The van der Waals surface area contributed by atoms with Crippen LogP contribution in [0.3, 0.4) is 0 Å². The lowest BCUT2D eigenvalue weighted by molar-refractivity contribution is -0.144. The fraction of sp³-hybridized carbons (Fsp3) is 0.744. The molecule has 30 heteroatoms. The number of H-pyrrole nitrogens is 1. The number of sulfonamides is 1. The number of nitrogens with one attached hydrogen (secondary N) is 6. The van der Waals surface area contributed by atoms with Gasteiger partial charge in [-0.25, -0.2) is 18.0 Å². The molecule has 1 aromatic heterocycles. The number of aromatic amines is 1. The van der Waals surface area contributed by atoms with Gasteiger partial charge in [0, 0.05) is 65.1 Å². The Kier molecular flexibility index (Phi) is 38.7. The second-order valence-electron chi connectivity index (χ2n) is 16.1. The largest absolute Gasteiger partial charge is 0.481 e. The first-order chi connectivity index (χ1) is 34.7. The van der Waals surface area contributed by atoms with Gasteiger partial charge < -0.3 is 55.5 Å². The van der Waals surface area contributed by atoms with E-state index < -0.39 is 63.7 Å². The van der Waals surface area contributed by atoms with Crippen LogP contribution in [0.5, 0.6) is 0 Å². The normalized spacial score (nSPS) is 12.2. The van der Waals surface area contributed by atoms with Crippen LogP contribution in [0.4, 0.5) is 0 Å². The minimum absolute atomic E-state index is 0.0141. The molecule has 1 rings (SSSR count). The van der Waals surface area contributed by atoms with Crippen LogP contribution >= 0.6 is 15.9 Å².